The first-order chi connectivity index (χ1) is 13.8. The summed E-state index contributed by atoms with van der Waals surface area (Å²) in [6.07, 6.45) is 0. The molecule has 1 amide bonds. The normalized spacial score (nSPS) is 12.3. The van der Waals surface area contributed by atoms with Gasteiger partial charge in [-0.15, -0.1) is 0 Å². The lowest BCUT2D eigenvalue weighted by molar-refractivity contribution is -0.120. The molecule has 0 atom stereocenters. The largest absolute Gasteiger partial charge is 0.486 e. The Morgan fingerprint density at radius 2 is 1.54 bits per heavy atom. The number of anilines is 1. The van der Waals surface area contributed by atoms with Gasteiger partial charge >= 0.3 is 0 Å². The van der Waals surface area contributed by atoms with Crippen LogP contribution in [0.5, 0.6) is 17.2 Å². The summed E-state index contributed by atoms with van der Waals surface area (Å²) in [6.45, 7) is 1.46. The molecular formula is C23H21NO4. The van der Waals surface area contributed by atoms with Gasteiger partial charge < -0.3 is 19.1 Å². The van der Waals surface area contributed by atoms with Crippen LogP contribution >= 0.6 is 0 Å². The average Bonchev–Trinajstić information content (AvgIpc) is 2.77. The van der Waals surface area contributed by atoms with E-state index in [1.54, 1.807) is 23.1 Å². The predicted molar refractivity (Wildman–Crippen MR) is 107 cm³/mol. The average molecular weight is 375 g/mol. The van der Waals surface area contributed by atoms with Crippen molar-refractivity contribution in [1.29, 1.82) is 0 Å². The number of ether oxygens (including phenoxy) is 3. The number of hydrogen-bond donors (Lipinski definition) is 0. The van der Waals surface area contributed by atoms with Crippen LogP contribution in [0, 0.1) is 0 Å². The summed E-state index contributed by atoms with van der Waals surface area (Å²) in [4.78, 5) is 14.7. The molecule has 5 nitrogen and oxygen atoms in total. The zero-order valence-electron chi connectivity index (χ0n) is 15.4. The van der Waals surface area contributed by atoms with Crippen molar-refractivity contribution in [3.05, 3.63) is 84.4 Å². The van der Waals surface area contributed by atoms with E-state index in [1.807, 2.05) is 60.7 Å². The van der Waals surface area contributed by atoms with E-state index in [-0.39, 0.29) is 12.5 Å². The van der Waals surface area contributed by atoms with E-state index in [0.717, 1.165) is 11.3 Å². The van der Waals surface area contributed by atoms with Gasteiger partial charge in [-0.2, -0.15) is 0 Å². The highest BCUT2D eigenvalue weighted by Crippen LogP contribution is 2.33. The third-order valence-electron chi connectivity index (χ3n) is 4.43. The molecule has 0 spiro atoms. The molecule has 1 aliphatic heterocycles. The number of para-hydroxylation sites is 1. The van der Waals surface area contributed by atoms with Crippen LogP contribution in [0.25, 0.3) is 0 Å². The van der Waals surface area contributed by atoms with Gasteiger partial charge in [-0.1, -0.05) is 48.5 Å². The van der Waals surface area contributed by atoms with Crippen LogP contribution in [0.2, 0.25) is 0 Å². The van der Waals surface area contributed by atoms with Crippen molar-refractivity contribution >= 4 is 11.6 Å². The van der Waals surface area contributed by atoms with Gasteiger partial charge in [0, 0.05) is 11.8 Å². The molecule has 0 aliphatic carbocycles. The van der Waals surface area contributed by atoms with Gasteiger partial charge in [0.15, 0.2) is 18.1 Å². The van der Waals surface area contributed by atoms with Crippen molar-refractivity contribution in [2.45, 2.75) is 6.54 Å². The summed E-state index contributed by atoms with van der Waals surface area (Å²) >= 11 is 0. The van der Waals surface area contributed by atoms with Gasteiger partial charge in [0.25, 0.3) is 5.91 Å². The molecule has 142 valence electrons. The van der Waals surface area contributed by atoms with Crippen LogP contribution < -0.4 is 19.1 Å². The molecular weight excluding hydrogens is 354 g/mol. The summed E-state index contributed by atoms with van der Waals surface area (Å²) in [6, 6.07) is 24.9. The Hall–Kier alpha value is -3.47. The van der Waals surface area contributed by atoms with Crippen LogP contribution in [0.4, 0.5) is 5.69 Å². The number of benzene rings is 3. The van der Waals surface area contributed by atoms with Crippen LogP contribution in [0.1, 0.15) is 5.56 Å². The molecule has 0 bridgehead atoms. The lowest BCUT2D eigenvalue weighted by Crippen LogP contribution is -2.34. The van der Waals surface area contributed by atoms with Crippen molar-refractivity contribution in [2.24, 2.45) is 0 Å². The van der Waals surface area contributed by atoms with E-state index in [1.165, 1.54) is 0 Å². The lowest BCUT2D eigenvalue weighted by atomic mass is 10.2. The Bertz CT molecular complexity index is 928. The molecule has 5 heteroatoms. The third-order valence-corrected chi connectivity index (χ3v) is 4.43. The smallest absolute Gasteiger partial charge is 0.265 e. The first-order valence-electron chi connectivity index (χ1n) is 9.21. The second-order valence-electron chi connectivity index (χ2n) is 6.40. The summed E-state index contributed by atoms with van der Waals surface area (Å²) in [5.74, 6) is 1.79. The fourth-order valence-corrected chi connectivity index (χ4v) is 3.03. The molecule has 3 aromatic rings. The van der Waals surface area contributed by atoms with Crippen molar-refractivity contribution in [1.82, 2.24) is 0 Å². The van der Waals surface area contributed by atoms with E-state index in [9.17, 15) is 4.79 Å². The van der Waals surface area contributed by atoms with Crippen molar-refractivity contribution in [2.75, 3.05) is 24.7 Å². The van der Waals surface area contributed by atoms with Gasteiger partial charge in [0.2, 0.25) is 0 Å². The summed E-state index contributed by atoms with van der Waals surface area (Å²) in [7, 11) is 0. The monoisotopic (exact) mass is 375 g/mol. The van der Waals surface area contributed by atoms with Crippen LogP contribution in [0.3, 0.4) is 0 Å². The van der Waals surface area contributed by atoms with Crippen molar-refractivity contribution in [3.63, 3.8) is 0 Å². The maximum atomic E-state index is 13.0. The van der Waals surface area contributed by atoms with Crippen LogP contribution in [-0.4, -0.2) is 25.7 Å². The molecule has 0 saturated carbocycles. The Kier molecular flexibility index (Phi) is 5.43. The SMILES string of the molecule is O=C(COc1ccc2c(c1)OCCO2)N(Cc1ccccc1)c1ccccc1. The molecule has 0 saturated heterocycles. The topological polar surface area (TPSA) is 48.0 Å². The first kappa shape index (κ1) is 17.9. The Labute approximate surface area is 164 Å². The number of carbonyl (C=O) groups excluding carboxylic acids is 1. The number of carbonyl (C=O) groups is 1. The second-order valence-corrected chi connectivity index (χ2v) is 6.40. The summed E-state index contributed by atoms with van der Waals surface area (Å²) < 4.78 is 16.8. The first-order valence-corrected chi connectivity index (χ1v) is 9.21. The molecule has 0 fully saturated rings. The molecule has 0 aromatic heterocycles. The van der Waals surface area contributed by atoms with E-state index >= 15 is 0 Å². The number of rotatable bonds is 6. The molecule has 3 aromatic carbocycles. The minimum absolute atomic E-state index is 0.0681. The molecule has 4 rings (SSSR count). The maximum Gasteiger partial charge on any atom is 0.265 e. The molecule has 1 heterocycles. The van der Waals surface area contributed by atoms with Crippen LogP contribution in [-0.2, 0) is 11.3 Å². The van der Waals surface area contributed by atoms with Gasteiger partial charge in [0.05, 0.1) is 6.54 Å². The lowest BCUT2D eigenvalue weighted by Gasteiger charge is -2.23. The molecule has 1 aliphatic rings. The summed E-state index contributed by atoms with van der Waals surface area (Å²) in [5.41, 5.74) is 1.89. The third kappa shape index (κ3) is 4.26. The predicted octanol–water partition coefficient (Wildman–Crippen LogP) is 4.07. The van der Waals surface area contributed by atoms with Crippen LogP contribution in [0.15, 0.2) is 78.9 Å². The molecule has 28 heavy (non-hydrogen) atoms. The number of nitrogens with zero attached hydrogens (tertiary/aromatic N) is 1. The van der Waals surface area contributed by atoms with E-state index in [4.69, 9.17) is 14.2 Å². The van der Waals surface area contributed by atoms with E-state index in [2.05, 4.69) is 0 Å². The quantitative estimate of drug-likeness (QED) is 0.652. The fourth-order valence-electron chi connectivity index (χ4n) is 3.03. The Morgan fingerprint density at radius 1 is 0.857 bits per heavy atom. The molecule has 0 unspecified atom stereocenters. The highest BCUT2D eigenvalue weighted by atomic mass is 16.6. The van der Waals surface area contributed by atoms with E-state index in [0.29, 0.717) is 37.0 Å². The Morgan fingerprint density at radius 3 is 2.29 bits per heavy atom. The van der Waals surface area contributed by atoms with Gasteiger partial charge in [0.1, 0.15) is 19.0 Å². The van der Waals surface area contributed by atoms with Gasteiger partial charge in [-0.05, 0) is 29.8 Å². The molecule has 0 radical (unpaired) electrons. The second kappa shape index (κ2) is 8.48. The Balaban J connectivity index is 1.48. The standard InChI is InChI=1S/C23H21NO4/c25-23(17-28-20-11-12-21-22(15-20)27-14-13-26-21)24(19-9-5-2-6-10-19)16-18-7-3-1-4-8-18/h1-12,15H,13-14,16-17H2. The summed E-state index contributed by atoms with van der Waals surface area (Å²) in [5, 5.41) is 0. The molecule has 0 N–H and O–H groups in total. The van der Waals surface area contributed by atoms with Gasteiger partial charge in [-0.25, -0.2) is 0 Å². The fraction of sp³-hybridized carbons (Fsp3) is 0.174. The van der Waals surface area contributed by atoms with Crippen molar-refractivity contribution in [3.8, 4) is 17.2 Å². The number of hydrogen-bond acceptors (Lipinski definition) is 4. The van der Waals surface area contributed by atoms with Gasteiger partial charge in [-0.3, -0.25) is 4.79 Å². The number of amides is 1. The van der Waals surface area contributed by atoms with E-state index < -0.39 is 0 Å². The maximum absolute atomic E-state index is 13.0. The number of fused-ring (bicyclic) bond motifs is 1. The zero-order valence-corrected chi connectivity index (χ0v) is 15.4. The zero-order chi connectivity index (χ0) is 19.2. The highest BCUT2D eigenvalue weighted by molar-refractivity contribution is 5.94. The minimum atomic E-state index is -0.120. The van der Waals surface area contributed by atoms with Crippen molar-refractivity contribution < 1.29 is 19.0 Å². The highest BCUT2D eigenvalue weighted by Gasteiger charge is 2.18. The minimum Gasteiger partial charge on any atom is -0.486 e.